The van der Waals surface area contributed by atoms with Crippen molar-refractivity contribution in [3.8, 4) is 0 Å². The summed E-state index contributed by atoms with van der Waals surface area (Å²) in [6, 6.07) is -4.69. The van der Waals surface area contributed by atoms with Crippen LogP contribution in [-0.2, 0) is 47.5 Å². The Bertz CT molecular complexity index is 1250. The first-order valence-corrected chi connectivity index (χ1v) is 17.1. The molecule has 4 saturated heterocycles. The van der Waals surface area contributed by atoms with Crippen LogP contribution in [0.4, 0.5) is 0 Å². The summed E-state index contributed by atoms with van der Waals surface area (Å²) < 4.78 is 40.0. The highest BCUT2D eigenvalue weighted by Crippen LogP contribution is 2.34. The van der Waals surface area contributed by atoms with Gasteiger partial charge in [0.2, 0.25) is 17.7 Å². The molecule has 0 radical (unpaired) electrons. The number of hydrogen-bond donors (Lipinski definition) is 14. The van der Waals surface area contributed by atoms with Crippen molar-refractivity contribution in [2.24, 2.45) is 0 Å². The van der Waals surface area contributed by atoms with E-state index in [2.05, 4.69) is 16.0 Å². The maximum absolute atomic E-state index is 12.4. The Balaban J connectivity index is 1.65. The number of nitrogens with one attached hydrogen (secondary N) is 3. The third-order valence-corrected chi connectivity index (χ3v) is 9.41. The van der Waals surface area contributed by atoms with Gasteiger partial charge in [-0.1, -0.05) is 0 Å². The second kappa shape index (κ2) is 19.2. The fourth-order valence-electron chi connectivity index (χ4n) is 6.75. The minimum atomic E-state index is -1.96. The molecule has 20 atom stereocenters. The SMILES string of the molecule is CC(=O)N[C@@H]1[C@@H](O[C@H]2O[C@H](CO)[C@H](O[C@H]3O[C@H](CO)[C@@H](O)[C@H](O[C@H]4O[C@H](CO)[C@@H](O)[C@H](O)[C@H]4O)[C@H]3NC(C)=O)[C@H](O)[C@H]2NC(C)=O)[C@@H](O)[C@@H](CO)O[C@H]1O. The molecule has 54 heavy (non-hydrogen) atoms. The number of carbonyl (C=O) groups is 3. The van der Waals surface area contributed by atoms with Crippen LogP contribution >= 0.6 is 0 Å². The molecule has 4 aliphatic heterocycles. The molecule has 24 nitrogen and oxygen atoms in total. The Morgan fingerprint density at radius 2 is 0.833 bits per heavy atom. The average Bonchev–Trinajstić information content (AvgIpc) is 3.11. The van der Waals surface area contributed by atoms with E-state index in [1.807, 2.05) is 0 Å². The maximum atomic E-state index is 12.4. The molecule has 4 rings (SSSR count). The smallest absolute Gasteiger partial charge is 0.217 e. The van der Waals surface area contributed by atoms with Gasteiger partial charge in [0.15, 0.2) is 25.2 Å². The normalized spacial score (nSPS) is 45.7. The molecule has 312 valence electrons. The summed E-state index contributed by atoms with van der Waals surface area (Å²) in [5.74, 6) is -2.19. The predicted molar refractivity (Wildman–Crippen MR) is 169 cm³/mol. The summed E-state index contributed by atoms with van der Waals surface area (Å²) in [7, 11) is 0. The van der Waals surface area contributed by atoms with Crippen LogP contribution in [0.5, 0.6) is 0 Å². The third-order valence-electron chi connectivity index (χ3n) is 9.41. The number of carbonyl (C=O) groups excluding carboxylic acids is 3. The monoisotopic (exact) mass is 789 g/mol. The van der Waals surface area contributed by atoms with Crippen LogP contribution < -0.4 is 16.0 Å². The van der Waals surface area contributed by atoms with Crippen LogP contribution in [0.3, 0.4) is 0 Å². The Morgan fingerprint density at radius 3 is 1.37 bits per heavy atom. The van der Waals surface area contributed by atoms with E-state index in [4.69, 9.17) is 33.2 Å². The summed E-state index contributed by atoms with van der Waals surface area (Å²) in [5, 5.41) is 122. The third kappa shape index (κ3) is 9.79. The quantitative estimate of drug-likeness (QED) is 0.0823. The summed E-state index contributed by atoms with van der Waals surface area (Å²) in [4.78, 5) is 36.7. The van der Waals surface area contributed by atoms with Gasteiger partial charge in [0.05, 0.1) is 26.4 Å². The zero-order valence-corrected chi connectivity index (χ0v) is 29.4. The molecule has 14 N–H and O–H groups in total. The Hall–Kier alpha value is -2.31. The topological polar surface area (TPSA) is 374 Å². The molecule has 0 bridgehead atoms. The minimum Gasteiger partial charge on any atom is -0.394 e. The largest absolute Gasteiger partial charge is 0.394 e. The van der Waals surface area contributed by atoms with Gasteiger partial charge in [-0.2, -0.15) is 0 Å². The van der Waals surface area contributed by atoms with Crippen LogP contribution in [0.2, 0.25) is 0 Å². The van der Waals surface area contributed by atoms with Crippen molar-refractivity contribution in [3.63, 3.8) is 0 Å². The van der Waals surface area contributed by atoms with Crippen LogP contribution in [0.1, 0.15) is 20.8 Å². The van der Waals surface area contributed by atoms with Gasteiger partial charge in [0, 0.05) is 20.8 Å². The lowest BCUT2D eigenvalue weighted by atomic mass is 9.93. The zero-order valence-electron chi connectivity index (χ0n) is 29.4. The number of ether oxygens (including phenoxy) is 7. The predicted octanol–water partition coefficient (Wildman–Crippen LogP) is -9.32. The standard InChI is InChI=1S/C30H51N3O21/c1-8(38)31-15-21(44)24(14(7-37)51-28(15)53-25-16(32-9(2)39)27(47)48-12(5-35)19(25)42)52-29-17(33-10(3)40)26(20(43)13(6-36)49-29)54-30-23(46)22(45)18(41)11(4-34)50-30/h11-30,34-37,41-47H,4-7H2,1-3H3,(H,31,38)(H,32,39)(H,33,40)/t11-,12-,13-,14-,15-,16-,17-,18-,19+,20-,21-,22+,23-,24+,25-,26-,27-,28-,29-,30-/m1/s1. The lowest BCUT2D eigenvalue weighted by Crippen LogP contribution is -2.71. The van der Waals surface area contributed by atoms with Crippen molar-refractivity contribution in [1.82, 2.24) is 16.0 Å². The molecular weight excluding hydrogens is 738 g/mol. The maximum Gasteiger partial charge on any atom is 0.217 e. The molecule has 24 heteroatoms. The van der Waals surface area contributed by atoms with E-state index in [1.165, 1.54) is 0 Å². The molecule has 0 spiro atoms. The van der Waals surface area contributed by atoms with Crippen molar-refractivity contribution in [2.75, 3.05) is 26.4 Å². The van der Waals surface area contributed by atoms with E-state index in [9.17, 15) is 70.6 Å². The average molecular weight is 790 g/mol. The van der Waals surface area contributed by atoms with Crippen LogP contribution in [0.25, 0.3) is 0 Å². The van der Waals surface area contributed by atoms with Gasteiger partial charge in [-0.25, -0.2) is 0 Å². The van der Waals surface area contributed by atoms with Crippen molar-refractivity contribution >= 4 is 17.7 Å². The molecule has 3 amide bonds. The molecule has 0 unspecified atom stereocenters. The number of aliphatic hydroxyl groups is 11. The lowest BCUT2D eigenvalue weighted by Gasteiger charge is -2.51. The fraction of sp³-hybridized carbons (Fsp3) is 0.900. The summed E-state index contributed by atoms with van der Waals surface area (Å²) in [5.41, 5.74) is 0. The first-order valence-electron chi connectivity index (χ1n) is 17.1. The molecule has 0 aromatic rings. The number of rotatable bonds is 13. The van der Waals surface area contributed by atoms with Gasteiger partial charge < -0.3 is 105 Å². The molecule has 4 fully saturated rings. The van der Waals surface area contributed by atoms with Crippen LogP contribution in [0, 0.1) is 0 Å². The van der Waals surface area contributed by atoms with E-state index >= 15 is 0 Å². The van der Waals surface area contributed by atoms with Crippen molar-refractivity contribution in [2.45, 2.75) is 143 Å². The van der Waals surface area contributed by atoms with Crippen LogP contribution in [0.15, 0.2) is 0 Å². The molecular formula is C30H51N3O21. The minimum absolute atomic E-state index is 0.683. The molecule has 0 aromatic heterocycles. The van der Waals surface area contributed by atoms with E-state index < -0.39 is 167 Å². The van der Waals surface area contributed by atoms with Gasteiger partial charge >= 0.3 is 0 Å². The van der Waals surface area contributed by atoms with Gasteiger partial charge in [0.25, 0.3) is 0 Å². The Kier molecular flexibility index (Phi) is 15.8. The van der Waals surface area contributed by atoms with E-state index in [0.717, 1.165) is 20.8 Å². The molecule has 4 aliphatic rings. The second-order valence-electron chi connectivity index (χ2n) is 13.3. The first-order chi connectivity index (χ1) is 25.5. The Labute approximate surface area is 307 Å². The Morgan fingerprint density at radius 1 is 0.444 bits per heavy atom. The van der Waals surface area contributed by atoms with Crippen molar-refractivity contribution < 1.29 is 104 Å². The van der Waals surface area contributed by atoms with Gasteiger partial charge in [-0.3, -0.25) is 14.4 Å². The highest BCUT2D eigenvalue weighted by atomic mass is 16.7. The first kappa shape index (κ1) is 44.4. The summed E-state index contributed by atoms with van der Waals surface area (Å²) >= 11 is 0. The highest BCUT2D eigenvalue weighted by molar-refractivity contribution is 5.74. The summed E-state index contributed by atoms with van der Waals surface area (Å²) in [6.07, 6.45) is -29.4. The fourth-order valence-corrected chi connectivity index (χ4v) is 6.75. The number of amides is 3. The molecule has 4 heterocycles. The molecule has 0 aromatic carbocycles. The van der Waals surface area contributed by atoms with Gasteiger partial charge in [0.1, 0.15) is 97.5 Å². The number of aliphatic hydroxyl groups excluding tert-OH is 11. The zero-order chi connectivity index (χ0) is 40.2. The summed E-state index contributed by atoms with van der Waals surface area (Å²) in [6.45, 7) is -0.232. The van der Waals surface area contributed by atoms with Crippen LogP contribution in [-0.4, -0.2) is 223 Å². The van der Waals surface area contributed by atoms with Gasteiger partial charge in [-0.15, -0.1) is 0 Å². The highest BCUT2D eigenvalue weighted by Gasteiger charge is 2.56. The number of hydrogen-bond acceptors (Lipinski definition) is 21. The second-order valence-corrected chi connectivity index (χ2v) is 13.3. The van der Waals surface area contributed by atoms with E-state index in [-0.39, 0.29) is 0 Å². The van der Waals surface area contributed by atoms with Gasteiger partial charge in [-0.05, 0) is 0 Å². The van der Waals surface area contributed by atoms with E-state index in [0.29, 0.717) is 0 Å². The van der Waals surface area contributed by atoms with E-state index in [1.54, 1.807) is 0 Å². The molecule has 0 aliphatic carbocycles. The van der Waals surface area contributed by atoms with Crippen molar-refractivity contribution in [3.05, 3.63) is 0 Å². The lowest BCUT2D eigenvalue weighted by molar-refractivity contribution is -0.365. The van der Waals surface area contributed by atoms with Crippen molar-refractivity contribution in [1.29, 1.82) is 0 Å². The molecule has 0 saturated carbocycles.